The molecular formula is C29H31N3O6S. The van der Waals surface area contributed by atoms with Crippen LogP contribution in [0.3, 0.4) is 0 Å². The van der Waals surface area contributed by atoms with E-state index >= 15 is 0 Å². The maximum absolute atomic E-state index is 12.5. The second kappa shape index (κ2) is 11.9. The van der Waals surface area contributed by atoms with Gasteiger partial charge in [-0.15, -0.1) is 0 Å². The van der Waals surface area contributed by atoms with Crippen molar-refractivity contribution in [3.05, 3.63) is 84.2 Å². The molecule has 204 valence electrons. The Morgan fingerprint density at radius 1 is 0.949 bits per heavy atom. The summed E-state index contributed by atoms with van der Waals surface area (Å²) in [5.41, 5.74) is 3.25. The summed E-state index contributed by atoms with van der Waals surface area (Å²) in [5.74, 6) is 1.60. The Hall–Kier alpha value is -3.89. The SMILES string of the molecule is COc1ccc(COc2ccc(COc3ccc(-c4ccnn4C4CCCCO4)nc3)cc2S(C)(=O)=O)cc1. The van der Waals surface area contributed by atoms with E-state index in [2.05, 4.69) is 10.1 Å². The Bertz CT molecular complexity index is 1500. The van der Waals surface area contributed by atoms with Gasteiger partial charge >= 0.3 is 0 Å². The molecule has 0 bridgehead atoms. The maximum Gasteiger partial charge on any atom is 0.179 e. The Morgan fingerprint density at radius 2 is 1.72 bits per heavy atom. The van der Waals surface area contributed by atoms with Crippen molar-refractivity contribution in [2.45, 2.75) is 43.6 Å². The summed E-state index contributed by atoms with van der Waals surface area (Å²) in [6.45, 7) is 1.14. The van der Waals surface area contributed by atoms with Crippen LogP contribution in [0.15, 0.2) is 78.0 Å². The van der Waals surface area contributed by atoms with Crippen LogP contribution in [0.4, 0.5) is 0 Å². The molecule has 0 radical (unpaired) electrons. The predicted molar refractivity (Wildman–Crippen MR) is 146 cm³/mol. The molecule has 1 fully saturated rings. The molecule has 10 heteroatoms. The number of hydrogen-bond acceptors (Lipinski definition) is 8. The van der Waals surface area contributed by atoms with Crippen molar-refractivity contribution in [3.63, 3.8) is 0 Å². The van der Waals surface area contributed by atoms with E-state index in [1.54, 1.807) is 37.7 Å². The van der Waals surface area contributed by atoms with E-state index < -0.39 is 9.84 Å². The van der Waals surface area contributed by atoms with Crippen LogP contribution in [0, 0.1) is 0 Å². The van der Waals surface area contributed by atoms with Gasteiger partial charge in [-0.1, -0.05) is 18.2 Å². The third-order valence-electron chi connectivity index (χ3n) is 6.46. The highest BCUT2D eigenvalue weighted by Crippen LogP contribution is 2.29. The van der Waals surface area contributed by atoms with E-state index in [0.29, 0.717) is 17.1 Å². The van der Waals surface area contributed by atoms with Crippen molar-refractivity contribution in [3.8, 4) is 28.6 Å². The lowest BCUT2D eigenvalue weighted by Gasteiger charge is -2.24. The number of sulfone groups is 1. The summed E-state index contributed by atoms with van der Waals surface area (Å²) in [4.78, 5) is 4.67. The third kappa shape index (κ3) is 6.58. The smallest absolute Gasteiger partial charge is 0.179 e. The van der Waals surface area contributed by atoms with Crippen LogP contribution in [0.1, 0.15) is 36.6 Å². The summed E-state index contributed by atoms with van der Waals surface area (Å²) in [7, 11) is -1.93. The molecule has 1 atom stereocenters. The minimum Gasteiger partial charge on any atom is -0.497 e. The average molecular weight is 550 g/mol. The van der Waals surface area contributed by atoms with Gasteiger partial charge in [0.25, 0.3) is 0 Å². The molecule has 5 rings (SSSR count). The number of hydrogen-bond donors (Lipinski definition) is 0. The molecule has 0 N–H and O–H groups in total. The molecule has 2 aromatic heterocycles. The molecule has 2 aromatic carbocycles. The second-order valence-corrected chi connectivity index (χ2v) is 11.3. The highest BCUT2D eigenvalue weighted by atomic mass is 32.2. The summed E-state index contributed by atoms with van der Waals surface area (Å²) >= 11 is 0. The van der Waals surface area contributed by atoms with Crippen molar-refractivity contribution in [2.75, 3.05) is 20.0 Å². The maximum atomic E-state index is 12.5. The fourth-order valence-electron chi connectivity index (χ4n) is 4.38. The van der Waals surface area contributed by atoms with Gasteiger partial charge in [0.15, 0.2) is 16.1 Å². The number of ether oxygens (including phenoxy) is 4. The Balaban J connectivity index is 1.24. The van der Waals surface area contributed by atoms with E-state index in [0.717, 1.165) is 48.6 Å². The van der Waals surface area contributed by atoms with E-state index in [-0.39, 0.29) is 24.3 Å². The zero-order chi connectivity index (χ0) is 27.2. The highest BCUT2D eigenvalue weighted by molar-refractivity contribution is 7.90. The molecule has 0 saturated carbocycles. The Labute approximate surface area is 228 Å². The molecule has 0 aliphatic carbocycles. The zero-order valence-corrected chi connectivity index (χ0v) is 22.8. The van der Waals surface area contributed by atoms with Gasteiger partial charge in [-0.05, 0) is 72.9 Å². The first kappa shape index (κ1) is 26.7. The van der Waals surface area contributed by atoms with Crippen LogP contribution >= 0.6 is 0 Å². The molecule has 39 heavy (non-hydrogen) atoms. The van der Waals surface area contributed by atoms with Crippen molar-refractivity contribution in [1.82, 2.24) is 14.8 Å². The standard InChI is InChI=1S/C29H31N3O6S/c1-35-23-9-6-21(7-10-23)19-38-27-13-8-22(17-28(27)39(2,33)34)20-37-24-11-12-25(30-18-24)26-14-15-31-32(26)29-5-3-4-16-36-29/h6-15,17-18,29H,3-5,16,19-20H2,1-2H3. The van der Waals surface area contributed by atoms with Gasteiger partial charge < -0.3 is 18.9 Å². The lowest BCUT2D eigenvalue weighted by molar-refractivity contribution is -0.0384. The van der Waals surface area contributed by atoms with E-state index in [1.807, 2.05) is 47.1 Å². The Kier molecular flexibility index (Phi) is 8.13. The first-order chi connectivity index (χ1) is 18.9. The van der Waals surface area contributed by atoms with Crippen molar-refractivity contribution in [2.24, 2.45) is 0 Å². The van der Waals surface area contributed by atoms with Gasteiger partial charge in [0.05, 0.1) is 24.7 Å². The molecule has 0 spiro atoms. The fourth-order valence-corrected chi connectivity index (χ4v) is 5.24. The van der Waals surface area contributed by atoms with Crippen LogP contribution in [-0.4, -0.2) is 43.2 Å². The van der Waals surface area contributed by atoms with Gasteiger partial charge in [0.1, 0.15) is 35.4 Å². The molecular weight excluding hydrogens is 518 g/mol. The number of benzene rings is 2. The number of pyridine rings is 1. The second-order valence-electron chi connectivity index (χ2n) is 9.34. The average Bonchev–Trinajstić information content (AvgIpc) is 3.46. The van der Waals surface area contributed by atoms with E-state index in [9.17, 15) is 8.42 Å². The summed E-state index contributed by atoms with van der Waals surface area (Å²) in [6.07, 6.45) is 7.61. The van der Waals surface area contributed by atoms with Gasteiger partial charge in [-0.3, -0.25) is 4.98 Å². The summed E-state index contributed by atoms with van der Waals surface area (Å²) < 4.78 is 49.7. The predicted octanol–water partition coefficient (Wildman–Crippen LogP) is 5.21. The van der Waals surface area contributed by atoms with Gasteiger partial charge in [0.2, 0.25) is 0 Å². The fraction of sp³-hybridized carbons (Fsp3) is 0.310. The minimum atomic E-state index is -3.53. The minimum absolute atomic E-state index is 0.0753. The molecule has 3 heterocycles. The number of aromatic nitrogens is 3. The molecule has 1 aliphatic rings. The lowest BCUT2D eigenvalue weighted by Crippen LogP contribution is -2.20. The lowest BCUT2D eigenvalue weighted by atomic mass is 10.2. The number of rotatable bonds is 10. The zero-order valence-electron chi connectivity index (χ0n) is 21.9. The normalized spacial score (nSPS) is 15.6. The first-order valence-electron chi connectivity index (χ1n) is 12.7. The molecule has 9 nitrogen and oxygen atoms in total. The molecule has 0 amide bonds. The van der Waals surface area contributed by atoms with Crippen molar-refractivity contribution < 1.29 is 27.4 Å². The molecule has 4 aromatic rings. The largest absolute Gasteiger partial charge is 0.497 e. The number of methoxy groups -OCH3 is 1. The quantitative estimate of drug-likeness (QED) is 0.266. The summed E-state index contributed by atoms with van der Waals surface area (Å²) in [5, 5.41) is 4.44. The van der Waals surface area contributed by atoms with E-state index in [1.165, 1.54) is 6.26 Å². The first-order valence-corrected chi connectivity index (χ1v) is 14.6. The van der Waals surface area contributed by atoms with Crippen molar-refractivity contribution in [1.29, 1.82) is 0 Å². The molecule has 1 saturated heterocycles. The van der Waals surface area contributed by atoms with Gasteiger partial charge in [0, 0.05) is 19.1 Å². The summed E-state index contributed by atoms with van der Waals surface area (Å²) in [6, 6.07) is 18.1. The highest BCUT2D eigenvalue weighted by Gasteiger charge is 2.20. The Morgan fingerprint density at radius 3 is 2.41 bits per heavy atom. The van der Waals surface area contributed by atoms with Gasteiger partial charge in [-0.25, -0.2) is 13.1 Å². The van der Waals surface area contributed by atoms with Crippen LogP contribution in [0.25, 0.3) is 11.4 Å². The van der Waals surface area contributed by atoms with Gasteiger partial charge in [-0.2, -0.15) is 5.10 Å². The monoisotopic (exact) mass is 549 g/mol. The molecule has 1 aliphatic heterocycles. The van der Waals surface area contributed by atoms with Crippen LogP contribution in [0.5, 0.6) is 17.2 Å². The number of nitrogens with zero attached hydrogens (tertiary/aromatic N) is 3. The van der Waals surface area contributed by atoms with Crippen LogP contribution < -0.4 is 14.2 Å². The third-order valence-corrected chi connectivity index (χ3v) is 7.58. The van der Waals surface area contributed by atoms with E-state index in [4.69, 9.17) is 18.9 Å². The topological polar surface area (TPSA) is 102 Å². The van der Waals surface area contributed by atoms with Crippen molar-refractivity contribution >= 4 is 9.84 Å². The van der Waals surface area contributed by atoms with Crippen LogP contribution in [-0.2, 0) is 27.8 Å². The molecule has 1 unspecified atom stereocenters. The van der Waals surface area contributed by atoms with Crippen LogP contribution in [0.2, 0.25) is 0 Å².